The van der Waals surface area contributed by atoms with E-state index in [0.29, 0.717) is 23.2 Å². The second-order valence-corrected chi connectivity index (χ2v) is 7.48. The van der Waals surface area contributed by atoms with Gasteiger partial charge in [-0.1, -0.05) is 29.3 Å². The van der Waals surface area contributed by atoms with Crippen molar-refractivity contribution in [3.8, 4) is 5.75 Å². The summed E-state index contributed by atoms with van der Waals surface area (Å²) in [5.41, 5.74) is 0.536. The molecule has 1 saturated heterocycles. The third kappa shape index (κ3) is 4.29. The van der Waals surface area contributed by atoms with Gasteiger partial charge < -0.3 is 14.7 Å². The first-order valence-corrected chi connectivity index (χ1v) is 9.42. The maximum absolute atomic E-state index is 10.0. The van der Waals surface area contributed by atoms with Crippen LogP contribution in [0.3, 0.4) is 0 Å². The molecule has 1 fully saturated rings. The number of hydrogen-bond acceptors (Lipinski definition) is 4. The minimum atomic E-state index is 0.0104. The smallest absolute Gasteiger partial charge is 0.143 e. The Hall–Kier alpha value is -1.11. The molecule has 1 aromatic carbocycles. The first kappa shape index (κ1) is 17.7. The summed E-state index contributed by atoms with van der Waals surface area (Å²) in [4.78, 5) is 7.36. The molecule has 1 atom stereocenters. The van der Waals surface area contributed by atoms with Crippen molar-refractivity contribution in [1.82, 2.24) is 0 Å². The molecule has 2 heterocycles. The number of ether oxygens (including phenoxy) is 1. The van der Waals surface area contributed by atoms with Gasteiger partial charge >= 0.3 is 0 Å². The van der Waals surface area contributed by atoms with E-state index in [1.807, 2.05) is 0 Å². The Morgan fingerprint density at radius 2 is 2.12 bits per heavy atom. The zero-order valence-electron chi connectivity index (χ0n) is 13.0. The molecule has 0 aliphatic carbocycles. The van der Waals surface area contributed by atoms with Crippen molar-refractivity contribution in [3.05, 3.63) is 50.1 Å². The summed E-state index contributed by atoms with van der Waals surface area (Å²) in [5.74, 6) is 0.0104. The largest absolute Gasteiger partial charge is 0.506 e. The summed E-state index contributed by atoms with van der Waals surface area (Å²) in [6, 6.07) is 7.69. The molecule has 4 nitrogen and oxygen atoms in total. The highest BCUT2D eigenvalue weighted by Crippen LogP contribution is 2.30. The first-order valence-electron chi connectivity index (χ1n) is 7.78. The third-order valence-corrected chi connectivity index (χ3v) is 5.58. The molecule has 24 heavy (non-hydrogen) atoms. The number of rotatable bonds is 5. The maximum atomic E-state index is 10.0. The van der Waals surface area contributed by atoms with Crippen LogP contribution in [0.15, 0.2) is 34.6 Å². The van der Waals surface area contributed by atoms with Crippen LogP contribution in [0.25, 0.3) is 0 Å². The van der Waals surface area contributed by atoms with Gasteiger partial charge in [-0.25, -0.2) is 0 Å². The standard InChI is InChI=1S/C17H18Cl2N2O2S/c18-13-8-12(17(22)14(19)9-13)10-20-11-15(16-2-1-7-24-16)21-3-5-23-6-4-21/h1-2,7-10,15,22H,3-6,11H2/p+1/t15-/m1/s1. The molecule has 2 aromatic rings. The Morgan fingerprint density at radius 3 is 2.83 bits per heavy atom. The molecule has 1 aliphatic heterocycles. The van der Waals surface area contributed by atoms with Crippen LogP contribution in [0.1, 0.15) is 16.5 Å². The number of phenols is 1. The number of hydrogen-bond donors (Lipinski definition) is 2. The van der Waals surface area contributed by atoms with E-state index in [4.69, 9.17) is 27.9 Å². The van der Waals surface area contributed by atoms with Crippen LogP contribution in [-0.4, -0.2) is 44.2 Å². The topological polar surface area (TPSA) is 46.3 Å². The van der Waals surface area contributed by atoms with Gasteiger partial charge in [0.1, 0.15) is 24.9 Å². The van der Waals surface area contributed by atoms with Crippen LogP contribution >= 0.6 is 34.5 Å². The highest BCUT2D eigenvalue weighted by atomic mass is 35.5. The van der Waals surface area contributed by atoms with Gasteiger partial charge in [0.15, 0.2) is 0 Å². The van der Waals surface area contributed by atoms with E-state index in [1.165, 1.54) is 15.8 Å². The number of aromatic hydroxyl groups is 1. The Bertz CT molecular complexity index is 701. The Balaban J connectivity index is 1.76. The number of nitrogens with one attached hydrogen (secondary N) is 1. The van der Waals surface area contributed by atoms with Crippen molar-refractivity contribution in [2.75, 3.05) is 32.8 Å². The molecule has 2 N–H and O–H groups in total. The number of halogens is 2. The number of benzene rings is 1. The number of aliphatic imine (C=N–C) groups is 1. The van der Waals surface area contributed by atoms with Crippen LogP contribution in [-0.2, 0) is 4.74 Å². The normalized spacial score (nSPS) is 17.4. The average molecular weight is 386 g/mol. The molecular formula is C17H19Cl2N2O2S+. The van der Waals surface area contributed by atoms with Crippen LogP contribution < -0.4 is 4.90 Å². The quantitative estimate of drug-likeness (QED) is 0.777. The lowest BCUT2D eigenvalue weighted by atomic mass is 10.2. The van der Waals surface area contributed by atoms with Crippen LogP contribution in [0.4, 0.5) is 0 Å². The lowest BCUT2D eigenvalue weighted by molar-refractivity contribution is -0.937. The van der Waals surface area contributed by atoms with E-state index in [0.717, 1.165) is 26.3 Å². The van der Waals surface area contributed by atoms with Gasteiger partial charge in [0, 0.05) is 16.8 Å². The van der Waals surface area contributed by atoms with Crippen molar-refractivity contribution in [2.24, 2.45) is 4.99 Å². The van der Waals surface area contributed by atoms with Crippen LogP contribution in [0, 0.1) is 0 Å². The average Bonchev–Trinajstić information content (AvgIpc) is 3.11. The van der Waals surface area contributed by atoms with E-state index < -0.39 is 0 Å². The van der Waals surface area contributed by atoms with Gasteiger partial charge in [0.2, 0.25) is 0 Å². The van der Waals surface area contributed by atoms with Gasteiger partial charge in [-0.2, -0.15) is 0 Å². The summed E-state index contributed by atoms with van der Waals surface area (Å²) in [6.07, 6.45) is 1.65. The zero-order chi connectivity index (χ0) is 16.9. The first-order chi connectivity index (χ1) is 11.6. The van der Waals surface area contributed by atoms with Gasteiger partial charge in [-0.05, 0) is 23.6 Å². The summed E-state index contributed by atoms with van der Waals surface area (Å²) in [5, 5.41) is 12.8. The second-order valence-electron chi connectivity index (χ2n) is 5.66. The Morgan fingerprint density at radius 1 is 1.33 bits per heavy atom. The predicted octanol–water partition coefficient (Wildman–Crippen LogP) is 2.84. The molecule has 0 spiro atoms. The summed E-state index contributed by atoms with van der Waals surface area (Å²) < 4.78 is 5.46. The zero-order valence-corrected chi connectivity index (χ0v) is 15.4. The summed E-state index contributed by atoms with van der Waals surface area (Å²) in [7, 11) is 0. The van der Waals surface area contributed by atoms with Crippen molar-refractivity contribution >= 4 is 40.8 Å². The number of thiophene rings is 1. The minimum absolute atomic E-state index is 0.0104. The highest BCUT2D eigenvalue weighted by molar-refractivity contribution is 7.10. The molecular weight excluding hydrogens is 367 g/mol. The Labute approximate surface area is 155 Å². The van der Waals surface area contributed by atoms with Gasteiger partial charge in [0.25, 0.3) is 0 Å². The fraction of sp³-hybridized carbons (Fsp3) is 0.353. The van der Waals surface area contributed by atoms with Crippen LogP contribution in [0.2, 0.25) is 10.0 Å². The van der Waals surface area contributed by atoms with Crippen molar-refractivity contribution in [2.45, 2.75) is 6.04 Å². The van der Waals surface area contributed by atoms with Crippen molar-refractivity contribution < 1.29 is 14.7 Å². The van der Waals surface area contributed by atoms with Crippen molar-refractivity contribution in [1.29, 1.82) is 0 Å². The van der Waals surface area contributed by atoms with Crippen LogP contribution in [0.5, 0.6) is 5.75 Å². The predicted molar refractivity (Wildman–Crippen MR) is 99.2 cm³/mol. The molecule has 1 aliphatic rings. The molecule has 0 bridgehead atoms. The monoisotopic (exact) mass is 385 g/mol. The molecule has 1 aromatic heterocycles. The highest BCUT2D eigenvalue weighted by Gasteiger charge is 2.26. The SMILES string of the molecule is Oc1c(Cl)cc(Cl)cc1C=NC[C@H](c1cccs1)[NH+]1CCOCC1. The number of morpholine rings is 1. The maximum Gasteiger partial charge on any atom is 0.143 e. The summed E-state index contributed by atoms with van der Waals surface area (Å²) in [6.45, 7) is 4.16. The molecule has 0 amide bonds. The molecule has 128 valence electrons. The van der Waals surface area contributed by atoms with E-state index >= 15 is 0 Å². The van der Waals surface area contributed by atoms with Gasteiger partial charge in [-0.3, -0.25) is 4.99 Å². The lowest BCUT2D eigenvalue weighted by Gasteiger charge is -2.30. The van der Waals surface area contributed by atoms with Gasteiger partial charge in [0.05, 0.1) is 29.7 Å². The third-order valence-electron chi connectivity index (χ3n) is 4.09. The van der Waals surface area contributed by atoms with E-state index in [2.05, 4.69) is 22.5 Å². The van der Waals surface area contributed by atoms with Crippen molar-refractivity contribution in [3.63, 3.8) is 0 Å². The van der Waals surface area contributed by atoms with E-state index in [-0.39, 0.29) is 10.8 Å². The fourth-order valence-electron chi connectivity index (χ4n) is 2.83. The summed E-state index contributed by atoms with van der Waals surface area (Å²) >= 11 is 13.7. The molecule has 0 radical (unpaired) electrons. The van der Waals surface area contributed by atoms with Gasteiger partial charge in [-0.15, -0.1) is 11.3 Å². The van der Waals surface area contributed by atoms with E-state index in [9.17, 15) is 5.11 Å². The molecule has 0 unspecified atom stereocenters. The Kier molecular flexibility index (Phi) is 6.14. The lowest BCUT2D eigenvalue weighted by Crippen LogP contribution is -3.14. The molecule has 7 heteroatoms. The second kappa shape index (κ2) is 8.32. The minimum Gasteiger partial charge on any atom is -0.506 e. The number of phenolic OH excluding ortho intramolecular Hbond substituents is 1. The van der Waals surface area contributed by atoms with E-state index in [1.54, 1.807) is 23.6 Å². The fourth-order valence-corrected chi connectivity index (χ4v) is 4.22. The number of quaternary nitrogens is 1. The molecule has 3 rings (SSSR count). The number of nitrogens with zero attached hydrogens (tertiary/aromatic N) is 1. The molecule has 0 saturated carbocycles.